The first-order valence-corrected chi connectivity index (χ1v) is 8.58. The molecule has 3 atom stereocenters. The average Bonchev–Trinajstić information content (AvgIpc) is 3.17. The van der Waals surface area contributed by atoms with Crippen molar-refractivity contribution in [1.29, 1.82) is 0 Å². The Hall–Kier alpha value is -2.57. The monoisotopic (exact) mass is 344 g/mol. The minimum absolute atomic E-state index is 0.0812. The van der Waals surface area contributed by atoms with E-state index in [4.69, 9.17) is 0 Å². The number of benzene rings is 1. The van der Waals surface area contributed by atoms with Crippen LogP contribution in [0.15, 0.2) is 30.3 Å². The highest BCUT2D eigenvalue weighted by atomic mass is 16.2. The molecule has 0 aromatic heterocycles. The van der Waals surface area contributed by atoms with E-state index in [-0.39, 0.29) is 29.8 Å². The molecule has 0 unspecified atom stereocenters. The molecule has 134 valence electrons. The number of fused-ring (bicyclic) bond motifs is 1. The Labute approximate surface area is 147 Å². The number of likely N-dealkylation sites (N-methyl/N-ethyl adjacent to an activating group) is 1. The molecule has 0 aliphatic carbocycles. The van der Waals surface area contributed by atoms with Gasteiger partial charge in [0, 0.05) is 39.5 Å². The van der Waals surface area contributed by atoms with Crippen molar-refractivity contribution < 1.29 is 14.4 Å². The molecular weight excluding hydrogens is 320 g/mol. The standard InChI is InChI=1S/C18H24N4O3/c1-12(23)22-15(17(24)19-2)8-14-10-21(11-16(14)22)18(25)20-9-13-6-4-3-5-7-13/h3-7,14-16H,8-11H2,1-2H3,(H,19,24)(H,20,25)/t14-,15-,16+/m1/s1. The molecule has 1 aromatic rings. The Morgan fingerprint density at radius 1 is 1.16 bits per heavy atom. The number of nitrogens with zero attached hydrogens (tertiary/aromatic N) is 2. The van der Waals surface area contributed by atoms with E-state index < -0.39 is 6.04 Å². The van der Waals surface area contributed by atoms with Crippen LogP contribution in [0.1, 0.15) is 18.9 Å². The van der Waals surface area contributed by atoms with Crippen LogP contribution in [-0.4, -0.2) is 59.9 Å². The Morgan fingerprint density at radius 2 is 1.88 bits per heavy atom. The molecule has 0 bridgehead atoms. The minimum atomic E-state index is -0.424. The first-order valence-electron chi connectivity index (χ1n) is 8.58. The second-order valence-corrected chi connectivity index (χ2v) is 6.67. The molecule has 2 aliphatic heterocycles. The quantitative estimate of drug-likeness (QED) is 0.841. The maximum atomic E-state index is 12.4. The van der Waals surface area contributed by atoms with Crippen LogP contribution in [-0.2, 0) is 16.1 Å². The number of hydrogen-bond acceptors (Lipinski definition) is 3. The third kappa shape index (κ3) is 3.45. The van der Waals surface area contributed by atoms with Gasteiger partial charge >= 0.3 is 6.03 Å². The predicted octanol–water partition coefficient (Wildman–Crippen LogP) is 0.563. The summed E-state index contributed by atoms with van der Waals surface area (Å²) in [6.45, 7) is 3.00. The fourth-order valence-corrected chi connectivity index (χ4v) is 3.94. The van der Waals surface area contributed by atoms with E-state index in [2.05, 4.69) is 10.6 Å². The molecule has 2 aliphatic rings. The van der Waals surface area contributed by atoms with Gasteiger partial charge in [0.25, 0.3) is 0 Å². The van der Waals surface area contributed by atoms with E-state index in [0.29, 0.717) is 26.1 Å². The largest absolute Gasteiger partial charge is 0.357 e. The zero-order chi connectivity index (χ0) is 18.0. The van der Waals surface area contributed by atoms with E-state index in [0.717, 1.165) is 5.56 Å². The van der Waals surface area contributed by atoms with Crippen LogP contribution in [0.25, 0.3) is 0 Å². The molecule has 7 heteroatoms. The van der Waals surface area contributed by atoms with Gasteiger partial charge in [0.2, 0.25) is 11.8 Å². The van der Waals surface area contributed by atoms with Crippen molar-refractivity contribution in [3.63, 3.8) is 0 Å². The Kier molecular flexibility index (Phi) is 4.92. The first kappa shape index (κ1) is 17.3. The SMILES string of the molecule is CNC(=O)[C@H]1C[C@@H]2CN(C(=O)NCc3ccccc3)C[C@@H]2N1C(C)=O. The van der Waals surface area contributed by atoms with Gasteiger partial charge in [-0.2, -0.15) is 0 Å². The lowest BCUT2D eigenvalue weighted by Gasteiger charge is -2.28. The molecular formula is C18H24N4O3. The number of nitrogens with one attached hydrogen (secondary N) is 2. The highest BCUT2D eigenvalue weighted by Crippen LogP contribution is 2.35. The van der Waals surface area contributed by atoms with Crippen molar-refractivity contribution in [1.82, 2.24) is 20.4 Å². The van der Waals surface area contributed by atoms with E-state index in [1.54, 1.807) is 16.8 Å². The van der Waals surface area contributed by atoms with Gasteiger partial charge in [0.1, 0.15) is 6.04 Å². The number of likely N-dealkylation sites (tertiary alicyclic amines) is 2. The van der Waals surface area contributed by atoms with Gasteiger partial charge < -0.3 is 20.4 Å². The van der Waals surface area contributed by atoms with Crippen molar-refractivity contribution >= 4 is 17.8 Å². The van der Waals surface area contributed by atoms with Crippen LogP contribution in [0.2, 0.25) is 0 Å². The van der Waals surface area contributed by atoms with E-state index in [1.165, 1.54) is 6.92 Å². The first-order chi connectivity index (χ1) is 12.0. The molecule has 2 fully saturated rings. The second kappa shape index (κ2) is 7.13. The minimum Gasteiger partial charge on any atom is -0.357 e. The lowest BCUT2D eigenvalue weighted by Crippen LogP contribution is -2.50. The fourth-order valence-electron chi connectivity index (χ4n) is 3.94. The zero-order valence-corrected chi connectivity index (χ0v) is 14.6. The van der Waals surface area contributed by atoms with Crippen molar-refractivity contribution in [3.8, 4) is 0 Å². The molecule has 2 N–H and O–H groups in total. The van der Waals surface area contributed by atoms with Crippen LogP contribution in [0.4, 0.5) is 4.79 Å². The van der Waals surface area contributed by atoms with Crippen LogP contribution in [0.5, 0.6) is 0 Å². The maximum Gasteiger partial charge on any atom is 0.317 e. The summed E-state index contributed by atoms with van der Waals surface area (Å²) < 4.78 is 0. The molecule has 7 nitrogen and oxygen atoms in total. The lowest BCUT2D eigenvalue weighted by atomic mass is 10.0. The molecule has 2 heterocycles. The molecule has 25 heavy (non-hydrogen) atoms. The van der Waals surface area contributed by atoms with Crippen LogP contribution in [0.3, 0.4) is 0 Å². The number of hydrogen-bond donors (Lipinski definition) is 2. The van der Waals surface area contributed by atoms with Gasteiger partial charge in [-0.1, -0.05) is 30.3 Å². The molecule has 0 saturated carbocycles. The summed E-state index contributed by atoms with van der Waals surface area (Å²) in [5.74, 6) is -0.106. The number of carbonyl (C=O) groups is 3. The topological polar surface area (TPSA) is 81.8 Å². The number of amides is 4. The van der Waals surface area contributed by atoms with E-state index >= 15 is 0 Å². The summed E-state index contributed by atoms with van der Waals surface area (Å²) >= 11 is 0. The van der Waals surface area contributed by atoms with Gasteiger partial charge in [-0.15, -0.1) is 0 Å². The molecule has 1 aromatic carbocycles. The van der Waals surface area contributed by atoms with Gasteiger partial charge in [0.15, 0.2) is 0 Å². The third-order valence-corrected chi connectivity index (χ3v) is 5.11. The van der Waals surface area contributed by atoms with Gasteiger partial charge in [-0.3, -0.25) is 9.59 Å². The van der Waals surface area contributed by atoms with Crippen molar-refractivity contribution in [3.05, 3.63) is 35.9 Å². The van der Waals surface area contributed by atoms with Crippen molar-refractivity contribution in [2.75, 3.05) is 20.1 Å². The highest BCUT2D eigenvalue weighted by Gasteiger charge is 2.50. The van der Waals surface area contributed by atoms with Gasteiger partial charge in [0.05, 0.1) is 6.04 Å². The average molecular weight is 344 g/mol. The maximum absolute atomic E-state index is 12.4. The molecule has 3 rings (SSSR count). The second-order valence-electron chi connectivity index (χ2n) is 6.67. The van der Waals surface area contributed by atoms with Crippen molar-refractivity contribution in [2.24, 2.45) is 5.92 Å². The van der Waals surface area contributed by atoms with Gasteiger partial charge in [-0.05, 0) is 12.0 Å². The predicted molar refractivity (Wildman–Crippen MR) is 92.5 cm³/mol. The van der Waals surface area contributed by atoms with Crippen LogP contribution >= 0.6 is 0 Å². The highest BCUT2D eigenvalue weighted by molar-refractivity contribution is 5.88. The Balaban J connectivity index is 1.61. The Bertz CT molecular complexity index is 664. The summed E-state index contributed by atoms with van der Waals surface area (Å²) in [4.78, 5) is 39.9. The molecule has 0 radical (unpaired) electrons. The summed E-state index contributed by atoms with van der Waals surface area (Å²) in [7, 11) is 1.58. The van der Waals surface area contributed by atoms with E-state index in [9.17, 15) is 14.4 Å². The fraction of sp³-hybridized carbons (Fsp3) is 0.500. The Morgan fingerprint density at radius 3 is 2.52 bits per heavy atom. The molecule has 0 spiro atoms. The van der Waals surface area contributed by atoms with Crippen molar-refractivity contribution in [2.45, 2.75) is 32.0 Å². The summed E-state index contributed by atoms with van der Waals surface area (Å²) in [6, 6.07) is 9.10. The normalized spacial score (nSPS) is 24.8. The van der Waals surface area contributed by atoms with E-state index in [1.807, 2.05) is 30.3 Å². The molecule has 4 amide bonds. The number of urea groups is 1. The van der Waals surface area contributed by atoms with Gasteiger partial charge in [-0.25, -0.2) is 4.79 Å². The summed E-state index contributed by atoms with van der Waals surface area (Å²) in [6.07, 6.45) is 0.604. The van der Waals surface area contributed by atoms with Crippen LogP contribution < -0.4 is 10.6 Å². The number of rotatable bonds is 3. The third-order valence-electron chi connectivity index (χ3n) is 5.11. The zero-order valence-electron chi connectivity index (χ0n) is 14.6. The van der Waals surface area contributed by atoms with Crippen LogP contribution in [0, 0.1) is 5.92 Å². The number of carbonyl (C=O) groups excluding carboxylic acids is 3. The lowest BCUT2D eigenvalue weighted by molar-refractivity contribution is -0.138. The summed E-state index contributed by atoms with van der Waals surface area (Å²) in [5.41, 5.74) is 1.04. The summed E-state index contributed by atoms with van der Waals surface area (Å²) in [5, 5.41) is 5.55. The smallest absolute Gasteiger partial charge is 0.317 e. The molecule has 2 saturated heterocycles.